The predicted molar refractivity (Wildman–Crippen MR) is 62.1 cm³/mol. The summed E-state index contributed by atoms with van der Waals surface area (Å²) in [6.07, 6.45) is 1.10. The molecule has 2 rings (SSSR count). The van der Waals surface area contributed by atoms with Gasteiger partial charge in [-0.1, -0.05) is 6.07 Å². The Hall–Kier alpha value is -2.68. The van der Waals surface area contributed by atoms with E-state index >= 15 is 0 Å². The van der Waals surface area contributed by atoms with Gasteiger partial charge in [-0.2, -0.15) is 5.26 Å². The quantitative estimate of drug-likeness (QED) is 0.808. The lowest BCUT2D eigenvalue weighted by Gasteiger charge is -2.08. The van der Waals surface area contributed by atoms with E-state index < -0.39 is 17.1 Å². The molecule has 1 heterocycles. The third-order valence-corrected chi connectivity index (χ3v) is 2.49. The van der Waals surface area contributed by atoms with Crippen LogP contribution in [0, 0.1) is 24.1 Å². The lowest BCUT2D eigenvalue weighted by molar-refractivity contribution is 0.625. The molecule has 0 amide bonds. The van der Waals surface area contributed by atoms with E-state index in [1.165, 1.54) is 12.1 Å². The SMILES string of the molecule is Cc1ccc(F)cc1-n1cc(C#N)c(=O)[nH]c1=O. The van der Waals surface area contributed by atoms with Crippen LogP contribution in [-0.4, -0.2) is 9.55 Å². The van der Waals surface area contributed by atoms with Gasteiger partial charge in [0.25, 0.3) is 5.56 Å². The van der Waals surface area contributed by atoms with Crippen molar-refractivity contribution in [3.8, 4) is 11.8 Å². The van der Waals surface area contributed by atoms with Gasteiger partial charge in [-0.15, -0.1) is 0 Å². The average Bonchev–Trinajstić information content (AvgIpc) is 2.33. The molecule has 1 aromatic heterocycles. The number of aromatic nitrogens is 2. The Labute approximate surface area is 101 Å². The van der Waals surface area contributed by atoms with Crippen molar-refractivity contribution < 1.29 is 4.39 Å². The highest BCUT2D eigenvalue weighted by Crippen LogP contribution is 2.13. The Kier molecular flexibility index (Phi) is 2.81. The molecular weight excluding hydrogens is 237 g/mol. The van der Waals surface area contributed by atoms with Crippen molar-refractivity contribution in [3.05, 3.63) is 62.2 Å². The molecule has 2 aromatic rings. The van der Waals surface area contributed by atoms with Crippen molar-refractivity contribution in [3.63, 3.8) is 0 Å². The number of halogens is 1. The number of rotatable bonds is 1. The first-order chi connectivity index (χ1) is 8.52. The van der Waals surface area contributed by atoms with Crippen molar-refractivity contribution in [2.24, 2.45) is 0 Å². The normalized spacial score (nSPS) is 10.1. The molecule has 0 aliphatic rings. The molecule has 0 spiro atoms. The molecule has 1 aromatic carbocycles. The number of hydrogen-bond donors (Lipinski definition) is 1. The summed E-state index contributed by atoms with van der Waals surface area (Å²) in [7, 11) is 0. The molecule has 18 heavy (non-hydrogen) atoms. The molecule has 0 saturated heterocycles. The number of H-pyrrole nitrogens is 1. The molecule has 0 radical (unpaired) electrons. The zero-order valence-electron chi connectivity index (χ0n) is 9.40. The van der Waals surface area contributed by atoms with Crippen LogP contribution in [0.25, 0.3) is 5.69 Å². The Morgan fingerprint density at radius 3 is 2.78 bits per heavy atom. The first-order valence-corrected chi connectivity index (χ1v) is 5.05. The molecule has 90 valence electrons. The van der Waals surface area contributed by atoms with Crippen LogP contribution in [0.15, 0.2) is 34.0 Å². The minimum absolute atomic E-state index is 0.210. The van der Waals surface area contributed by atoms with E-state index in [1.807, 2.05) is 4.98 Å². The second-order valence-corrected chi connectivity index (χ2v) is 3.71. The van der Waals surface area contributed by atoms with Crippen LogP contribution in [0.1, 0.15) is 11.1 Å². The molecule has 6 heteroatoms. The highest BCUT2D eigenvalue weighted by molar-refractivity contribution is 5.41. The summed E-state index contributed by atoms with van der Waals surface area (Å²) in [5.74, 6) is -0.507. The molecular formula is C12H8FN3O2. The topological polar surface area (TPSA) is 78.7 Å². The van der Waals surface area contributed by atoms with E-state index in [9.17, 15) is 14.0 Å². The lowest BCUT2D eigenvalue weighted by Crippen LogP contribution is -2.30. The minimum atomic E-state index is -0.757. The molecule has 0 aliphatic heterocycles. The fourth-order valence-electron chi connectivity index (χ4n) is 1.57. The monoisotopic (exact) mass is 245 g/mol. The molecule has 1 N–H and O–H groups in total. The Morgan fingerprint density at radius 2 is 2.11 bits per heavy atom. The van der Waals surface area contributed by atoms with Gasteiger partial charge < -0.3 is 0 Å². The Bertz CT molecular complexity index is 768. The number of nitrogens with one attached hydrogen (secondary N) is 1. The van der Waals surface area contributed by atoms with Crippen LogP contribution in [0.2, 0.25) is 0 Å². The van der Waals surface area contributed by atoms with Crippen molar-refractivity contribution >= 4 is 0 Å². The van der Waals surface area contributed by atoms with Crippen LogP contribution in [0.4, 0.5) is 4.39 Å². The summed E-state index contributed by atoms with van der Waals surface area (Å²) in [6, 6.07) is 5.61. The summed E-state index contributed by atoms with van der Waals surface area (Å²) in [5, 5.41) is 8.75. The van der Waals surface area contributed by atoms with E-state index in [1.54, 1.807) is 13.0 Å². The van der Waals surface area contributed by atoms with Crippen LogP contribution < -0.4 is 11.2 Å². The standard InChI is InChI=1S/C12H8FN3O2/c1-7-2-3-9(13)4-10(7)16-6-8(5-14)11(17)15-12(16)18/h2-4,6H,1H3,(H,15,17,18). The Morgan fingerprint density at radius 1 is 1.39 bits per heavy atom. The van der Waals surface area contributed by atoms with E-state index in [0.717, 1.165) is 16.8 Å². The van der Waals surface area contributed by atoms with Gasteiger partial charge in [-0.05, 0) is 24.6 Å². The smallest absolute Gasteiger partial charge is 0.273 e. The Balaban J connectivity index is 2.80. The first kappa shape index (κ1) is 11.8. The largest absolute Gasteiger partial charge is 0.332 e. The fourth-order valence-corrected chi connectivity index (χ4v) is 1.57. The van der Waals surface area contributed by atoms with Crippen molar-refractivity contribution in [2.45, 2.75) is 6.92 Å². The number of benzene rings is 1. The summed E-state index contributed by atoms with van der Waals surface area (Å²) < 4.78 is 14.2. The summed E-state index contributed by atoms with van der Waals surface area (Å²) in [6.45, 7) is 1.69. The van der Waals surface area contributed by atoms with Gasteiger partial charge in [0.15, 0.2) is 0 Å². The summed E-state index contributed by atoms with van der Waals surface area (Å²) in [5.41, 5.74) is -0.749. The van der Waals surface area contributed by atoms with E-state index in [-0.39, 0.29) is 11.3 Å². The maximum Gasteiger partial charge on any atom is 0.332 e. The highest BCUT2D eigenvalue weighted by Gasteiger charge is 2.08. The summed E-state index contributed by atoms with van der Waals surface area (Å²) >= 11 is 0. The average molecular weight is 245 g/mol. The molecule has 0 saturated carbocycles. The molecule has 0 bridgehead atoms. The van der Waals surface area contributed by atoms with Crippen molar-refractivity contribution in [1.29, 1.82) is 5.26 Å². The van der Waals surface area contributed by atoms with Gasteiger partial charge in [-0.25, -0.2) is 9.18 Å². The van der Waals surface area contributed by atoms with E-state index in [0.29, 0.717) is 5.56 Å². The molecule has 0 unspecified atom stereocenters. The van der Waals surface area contributed by atoms with Gasteiger partial charge in [-0.3, -0.25) is 14.3 Å². The minimum Gasteiger partial charge on any atom is -0.273 e. The van der Waals surface area contributed by atoms with E-state index in [4.69, 9.17) is 5.26 Å². The first-order valence-electron chi connectivity index (χ1n) is 5.05. The molecule has 0 fully saturated rings. The molecule has 0 aliphatic carbocycles. The third-order valence-electron chi connectivity index (χ3n) is 2.49. The number of hydrogen-bond acceptors (Lipinski definition) is 3. The van der Waals surface area contributed by atoms with Crippen molar-refractivity contribution in [1.82, 2.24) is 9.55 Å². The fraction of sp³-hybridized carbons (Fsp3) is 0.0833. The van der Waals surface area contributed by atoms with Gasteiger partial charge in [0.1, 0.15) is 17.4 Å². The van der Waals surface area contributed by atoms with Crippen LogP contribution >= 0.6 is 0 Å². The predicted octanol–water partition coefficient (Wildman–Crippen LogP) is 0.845. The number of aromatic amines is 1. The molecule has 0 atom stereocenters. The number of aryl methyl sites for hydroxylation is 1. The summed E-state index contributed by atoms with van der Waals surface area (Å²) in [4.78, 5) is 24.9. The van der Waals surface area contributed by atoms with Crippen LogP contribution in [0.5, 0.6) is 0 Å². The highest BCUT2D eigenvalue weighted by atomic mass is 19.1. The third kappa shape index (κ3) is 1.94. The van der Waals surface area contributed by atoms with Gasteiger partial charge in [0, 0.05) is 6.20 Å². The van der Waals surface area contributed by atoms with Gasteiger partial charge >= 0.3 is 5.69 Å². The molecule has 5 nitrogen and oxygen atoms in total. The van der Waals surface area contributed by atoms with Crippen LogP contribution in [0.3, 0.4) is 0 Å². The number of nitriles is 1. The maximum absolute atomic E-state index is 13.2. The zero-order chi connectivity index (χ0) is 13.3. The second kappa shape index (κ2) is 4.30. The maximum atomic E-state index is 13.2. The second-order valence-electron chi connectivity index (χ2n) is 3.71. The zero-order valence-corrected chi connectivity index (χ0v) is 9.40. The van der Waals surface area contributed by atoms with Gasteiger partial charge in [0.05, 0.1) is 5.69 Å². The van der Waals surface area contributed by atoms with E-state index in [2.05, 4.69) is 0 Å². The van der Waals surface area contributed by atoms with Crippen molar-refractivity contribution in [2.75, 3.05) is 0 Å². The van der Waals surface area contributed by atoms with Gasteiger partial charge in [0.2, 0.25) is 0 Å². The van der Waals surface area contributed by atoms with Crippen LogP contribution in [-0.2, 0) is 0 Å². The number of nitrogens with zero attached hydrogens (tertiary/aromatic N) is 2. The lowest BCUT2D eigenvalue weighted by atomic mass is 10.2.